The molecule has 0 spiro atoms. The molecule has 0 heterocycles. The highest BCUT2D eigenvalue weighted by Gasteiger charge is 2.13. The van der Waals surface area contributed by atoms with Crippen molar-refractivity contribution in [2.24, 2.45) is 0 Å². The van der Waals surface area contributed by atoms with E-state index in [1.807, 2.05) is 13.0 Å². The highest BCUT2D eigenvalue weighted by atomic mass is 16.5. The number of hydrogen-bond donors (Lipinski definition) is 1. The van der Waals surface area contributed by atoms with Crippen molar-refractivity contribution in [1.29, 1.82) is 0 Å². The Morgan fingerprint density at radius 1 is 0.808 bits per heavy atom. The summed E-state index contributed by atoms with van der Waals surface area (Å²) in [6.07, 6.45) is 22.9. The summed E-state index contributed by atoms with van der Waals surface area (Å²) < 4.78 is 6.08. The first-order valence-corrected chi connectivity index (χ1v) is 11.5. The number of aliphatic hydroxyl groups is 1. The summed E-state index contributed by atoms with van der Waals surface area (Å²) in [7, 11) is 0. The zero-order chi connectivity index (χ0) is 19.5. The van der Waals surface area contributed by atoms with Crippen molar-refractivity contribution in [2.75, 3.05) is 0 Å². The van der Waals surface area contributed by atoms with E-state index < -0.39 is 0 Å². The fourth-order valence-electron chi connectivity index (χ4n) is 3.68. The molecule has 0 aliphatic carbocycles. The number of aliphatic hydroxyl groups excluding tert-OH is 1. The number of unbranched alkanes of at least 4 members (excludes halogenated alkanes) is 12. The number of ether oxygens (including phenoxy) is 1. The van der Waals surface area contributed by atoms with Crippen molar-refractivity contribution in [2.45, 2.75) is 142 Å². The van der Waals surface area contributed by atoms with Gasteiger partial charge in [0.2, 0.25) is 0 Å². The van der Waals surface area contributed by atoms with Gasteiger partial charge in [0.05, 0.1) is 18.3 Å². The Morgan fingerprint density at radius 2 is 1.27 bits per heavy atom. The molecule has 0 unspecified atom stereocenters. The lowest BCUT2D eigenvalue weighted by atomic mass is 10.0. The largest absolute Gasteiger partial charge is 0.393 e. The highest BCUT2D eigenvalue weighted by molar-refractivity contribution is 4.75. The van der Waals surface area contributed by atoms with Crippen LogP contribution in [0.5, 0.6) is 0 Å². The first-order chi connectivity index (χ1) is 12.6. The van der Waals surface area contributed by atoms with Crippen molar-refractivity contribution in [3.63, 3.8) is 0 Å². The maximum absolute atomic E-state index is 9.46. The fourth-order valence-corrected chi connectivity index (χ4v) is 3.68. The zero-order valence-corrected chi connectivity index (χ0v) is 18.2. The van der Waals surface area contributed by atoms with Crippen LogP contribution in [0.15, 0.2) is 12.7 Å². The lowest BCUT2D eigenvalue weighted by molar-refractivity contribution is -0.0267. The molecule has 0 rings (SSSR count). The summed E-state index contributed by atoms with van der Waals surface area (Å²) in [4.78, 5) is 0. The molecule has 26 heavy (non-hydrogen) atoms. The van der Waals surface area contributed by atoms with E-state index in [4.69, 9.17) is 4.74 Å². The second-order valence-electron chi connectivity index (χ2n) is 8.21. The van der Waals surface area contributed by atoms with E-state index >= 15 is 0 Å². The van der Waals surface area contributed by atoms with Gasteiger partial charge in [-0.2, -0.15) is 0 Å². The molecule has 3 atom stereocenters. The van der Waals surface area contributed by atoms with Gasteiger partial charge in [-0.05, 0) is 33.1 Å². The third-order valence-corrected chi connectivity index (χ3v) is 5.16. The SMILES string of the molecule is C=CC[C@@H](CCCCCCCCCCCCCCC)O[C@H](C)C[C@@H](C)O. The van der Waals surface area contributed by atoms with Crippen LogP contribution in [-0.2, 0) is 4.74 Å². The molecule has 0 aromatic rings. The molecule has 156 valence electrons. The molecule has 0 aromatic heterocycles. The predicted octanol–water partition coefficient (Wildman–Crippen LogP) is 7.59. The van der Waals surface area contributed by atoms with Crippen LogP contribution in [0.3, 0.4) is 0 Å². The molecule has 0 aliphatic heterocycles. The summed E-state index contributed by atoms with van der Waals surface area (Å²) in [6.45, 7) is 10.0. The van der Waals surface area contributed by atoms with Gasteiger partial charge in [-0.1, -0.05) is 96.5 Å². The zero-order valence-electron chi connectivity index (χ0n) is 18.2. The molecule has 0 saturated heterocycles. The predicted molar refractivity (Wildman–Crippen MR) is 116 cm³/mol. The molecule has 2 heteroatoms. The van der Waals surface area contributed by atoms with Crippen molar-refractivity contribution in [3.8, 4) is 0 Å². The standard InChI is InChI=1S/C24H48O2/c1-5-7-8-9-10-11-12-13-14-15-16-17-18-20-24(19-6-2)26-23(4)21-22(3)25/h6,22-25H,2,5,7-21H2,1,3-4H3/t22-,23-,24+/m1/s1. The van der Waals surface area contributed by atoms with Crippen LogP contribution in [0.25, 0.3) is 0 Å². The monoisotopic (exact) mass is 368 g/mol. The van der Waals surface area contributed by atoms with Crippen molar-refractivity contribution < 1.29 is 9.84 Å². The Labute approximate surface area is 164 Å². The topological polar surface area (TPSA) is 29.5 Å². The first-order valence-electron chi connectivity index (χ1n) is 11.5. The Morgan fingerprint density at radius 3 is 1.69 bits per heavy atom. The van der Waals surface area contributed by atoms with Gasteiger partial charge in [0.15, 0.2) is 0 Å². The summed E-state index contributed by atoms with van der Waals surface area (Å²) in [5.74, 6) is 0. The lowest BCUT2D eigenvalue weighted by Crippen LogP contribution is -2.22. The van der Waals surface area contributed by atoms with E-state index in [-0.39, 0.29) is 18.3 Å². The Balaban J connectivity index is 3.48. The summed E-state index contributed by atoms with van der Waals surface area (Å²) in [5.41, 5.74) is 0. The minimum atomic E-state index is -0.286. The summed E-state index contributed by atoms with van der Waals surface area (Å²) in [6, 6.07) is 0. The number of rotatable bonds is 20. The third-order valence-electron chi connectivity index (χ3n) is 5.16. The Bertz CT molecular complexity index is 288. The maximum atomic E-state index is 9.46. The lowest BCUT2D eigenvalue weighted by Gasteiger charge is -2.22. The average molecular weight is 369 g/mol. The average Bonchev–Trinajstić information content (AvgIpc) is 2.58. The van der Waals surface area contributed by atoms with Gasteiger partial charge >= 0.3 is 0 Å². The van der Waals surface area contributed by atoms with E-state index in [2.05, 4.69) is 20.4 Å². The highest BCUT2D eigenvalue weighted by Crippen LogP contribution is 2.17. The van der Waals surface area contributed by atoms with E-state index in [1.165, 1.54) is 83.5 Å². The molecule has 0 saturated carbocycles. The van der Waals surface area contributed by atoms with Crippen LogP contribution in [-0.4, -0.2) is 23.4 Å². The maximum Gasteiger partial charge on any atom is 0.0613 e. The van der Waals surface area contributed by atoms with Crippen molar-refractivity contribution >= 4 is 0 Å². The fraction of sp³-hybridized carbons (Fsp3) is 0.917. The van der Waals surface area contributed by atoms with Gasteiger partial charge < -0.3 is 9.84 Å². The molecule has 0 aliphatic rings. The van der Waals surface area contributed by atoms with Crippen LogP contribution in [0.4, 0.5) is 0 Å². The normalized spacial score (nSPS) is 14.9. The molecule has 2 nitrogen and oxygen atoms in total. The Kier molecular flexibility index (Phi) is 19.2. The van der Waals surface area contributed by atoms with Crippen LogP contribution in [0.2, 0.25) is 0 Å². The molecule has 0 fully saturated rings. The molecule has 0 radical (unpaired) electrons. The second-order valence-corrected chi connectivity index (χ2v) is 8.21. The minimum Gasteiger partial charge on any atom is -0.393 e. The van der Waals surface area contributed by atoms with Crippen LogP contribution >= 0.6 is 0 Å². The molecular weight excluding hydrogens is 320 g/mol. The van der Waals surface area contributed by atoms with Crippen LogP contribution < -0.4 is 0 Å². The quantitative estimate of drug-likeness (QED) is 0.177. The van der Waals surface area contributed by atoms with Gasteiger partial charge in [0, 0.05) is 0 Å². The third kappa shape index (κ3) is 18.5. The summed E-state index contributed by atoms with van der Waals surface area (Å²) in [5, 5.41) is 9.46. The second kappa shape index (κ2) is 19.4. The van der Waals surface area contributed by atoms with E-state index in [0.717, 1.165) is 12.8 Å². The van der Waals surface area contributed by atoms with Gasteiger partial charge in [-0.15, -0.1) is 6.58 Å². The van der Waals surface area contributed by atoms with Crippen LogP contribution in [0.1, 0.15) is 124 Å². The minimum absolute atomic E-state index is 0.127. The van der Waals surface area contributed by atoms with Gasteiger partial charge in [0.25, 0.3) is 0 Å². The molecular formula is C24H48O2. The Hall–Kier alpha value is -0.340. The van der Waals surface area contributed by atoms with E-state index in [9.17, 15) is 5.11 Å². The van der Waals surface area contributed by atoms with Crippen LogP contribution in [0, 0.1) is 0 Å². The van der Waals surface area contributed by atoms with Crippen molar-refractivity contribution in [3.05, 3.63) is 12.7 Å². The molecule has 0 bridgehead atoms. The van der Waals surface area contributed by atoms with Gasteiger partial charge in [-0.25, -0.2) is 0 Å². The van der Waals surface area contributed by atoms with E-state index in [0.29, 0.717) is 6.42 Å². The van der Waals surface area contributed by atoms with Crippen molar-refractivity contribution in [1.82, 2.24) is 0 Å². The first kappa shape index (κ1) is 25.7. The number of hydrogen-bond acceptors (Lipinski definition) is 2. The summed E-state index contributed by atoms with van der Waals surface area (Å²) >= 11 is 0. The molecule has 1 N–H and O–H groups in total. The smallest absolute Gasteiger partial charge is 0.0613 e. The van der Waals surface area contributed by atoms with Gasteiger partial charge in [-0.3, -0.25) is 0 Å². The molecule has 0 amide bonds. The molecule has 0 aromatic carbocycles. The van der Waals surface area contributed by atoms with E-state index in [1.54, 1.807) is 0 Å². The van der Waals surface area contributed by atoms with Gasteiger partial charge in [0.1, 0.15) is 0 Å².